The Bertz CT molecular complexity index is 2410. The van der Waals surface area contributed by atoms with Crippen molar-refractivity contribution in [2.45, 2.75) is 76.7 Å². The number of alkyl halides is 1. The van der Waals surface area contributed by atoms with E-state index >= 15 is 0 Å². The van der Waals surface area contributed by atoms with Gasteiger partial charge in [-0.15, -0.1) is 0 Å². The number of benzene rings is 1. The molecule has 16 heteroatoms. The summed E-state index contributed by atoms with van der Waals surface area (Å²) in [5.74, 6) is 0.275. The van der Waals surface area contributed by atoms with Crippen LogP contribution in [0, 0.1) is 5.92 Å². The largest absolute Gasteiger partial charge is 0.490 e. The van der Waals surface area contributed by atoms with Crippen LogP contribution in [0.1, 0.15) is 74.8 Å². The standard InChI is InChI=1S/C41H47FN10O5/c1-25(2)57-37-20-33-27(18-30(37)39(54)44-32-4-3-12-49(40(32)55)35-19-31(35)42)23-51(46-33)28-7-5-26(6-8-28)22-47-14-16-48(17-15-47)29-9-10-34-36(21-43-52(34)24-29)50-13-11-38(53)45-41(50)56/h3-4,9-10,12,18,20-21,23-26,28,31,35H,5-8,11,13-17,19,22H2,1-2H3,(H,44,54)(H,45,53,56)/t26?,28?,31-,35+/m1/s1. The number of urea groups is 1. The van der Waals surface area contributed by atoms with Gasteiger partial charge in [0.2, 0.25) is 5.91 Å². The number of nitrogens with zero attached hydrogens (tertiary/aromatic N) is 8. The number of fused-ring (bicyclic) bond motifs is 2. The lowest BCUT2D eigenvalue weighted by molar-refractivity contribution is -0.120. The van der Waals surface area contributed by atoms with Crippen molar-refractivity contribution in [1.29, 1.82) is 0 Å². The summed E-state index contributed by atoms with van der Waals surface area (Å²) >= 11 is 0. The van der Waals surface area contributed by atoms with Gasteiger partial charge in [-0.3, -0.25) is 34.2 Å². The predicted molar refractivity (Wildman–Crippen MR) is 213 cm³/mol. The maximum absolute atomic E-state index is 13.7. The summed E-state index contributed by atoms with van der Waals surface area (Å²) in [7, 11) is 0. The SMILES string of the molecule is CC(C)Oc1cc2nn(C3CCC(CN4CCN(c5ccc6c(N7CCC(=O)NC7=O)cnn6c5)CC4)CC3)cc2cc1C(=O)Nc1cccn([C@H]2C[C@H]2F)c1=O. The van der Waals surface area contributed by atoms with Gasteiger partial charge in [-0.25, -0.2) is 13.7 Å². The molecule has 6 heterocycles. The van der Waals surface area contributed by atoms with E-state index in [9.17, 15) is 23.6 Å². The van der Waals surface area contributed by atoms with Gasteiger partial charge >= 0.3 is 6.03 Å². The van der Waals surface area contributed by atoms with Crippen LogP contribution in [0.15, 0.2) is 66.0 Å². The van der Waals surface area contributed by atoms with Crippen LogP contribution >= 0.6 is 0 Å². The number of carbonyl (C=O) groups is 3. The number of anilines is 3. The molecule has 4 amide bonds. The molecule has 0 spiro atoms. The van der Waals surface area contributed by atoms with Gasteiger partial charge in [0.05, 0.1) is 58.6 Å². The summed E-state index contributed by atoms with van der Waals surface area (Å²) in [4.78, 5) is 57.2. The van der Waals surface area contributed by atoms with E-state index in [4.69, 9.17) is 9.84 Å². The molecule has 57 heavy (non-hydrogen) atoms. The number of imide groups is 1. The van der Waals surface area contributed by atoms with Crippen molar-refractivity contribution in [3.05, 3.63) is 77.1 Å². The molecule has 9 rings (SSSR count). The summed E-state index contributed by atoms with van der Waals surface area (Å²) in [6.07, 6.45) is 10.8. The zero-order chi connectivity index (χ0) is 39.4. The van der Waals surface area contributed by atoms with E-state index in [0.29, 0.717) is 35.9 Å². The van der Waals surface area contributed by atoms with Crippen molar-refractivity contribution >= 4 is 51.3 Å². The number of pyridine rings is 2. The number of ether oxygens (including phenoxy) is 1. The van der Waals surface area contributed by atoms with Crippen LogP contribution in [0.25, 0.3) is 16.4 Å². The molecule has 2 aliphatic carbocycles. The highest BCUT2D eigenvalue weighted by Crippen LogP contribution is 2.38. The predicted octanol–water partition coefficient (Wildman–Crippen LogP) is 5.17. The fraction of sp³-hybridized carbons (Fsp3) is 0.463. The molecule has 2 N–H and O–H groups in total. The molecule has 2 saturated carbocycles. The molecule has 1 aromatic carbocycles. The first kappa shape index (κ1) is 36.8. The molecule has 298 valence electrons. The monoisotopic (exact) mass is 778 g/mol. The number of piperazine rings is 1. The maximum atomic E-state index is 13.7. The van der Waals surface area contributed by atoms with Crippen molar-refractivity contribution in [2.24, 2.45) is 5.92 Å². The highest BCUT2D eigenvalue weighted by molar-refractivity contribution is 6.09. The average Bonchev–Trinajstić information content (AvgIpc) is 3.55. The third-order valence-corrected chi connectivity index (χ3v) is 11.8. The molecular weight excluding hydrogens is 732 g/mol. The minimum atomic E-state index is -1.04. The molecular formula is C41H47FN10O5. The Kier molecular flexibility index (Phi) is 9.67. The van der Waals surface area contributed by atoms with Crippen molar-refractivity contribution in [3.8, 4) is 5.75 Å². The third kappa shape index (κ3) is 7.45. The summed E-state index contributed by atoms with van der Waals surface area (Å²) in [5.41, 5.74) is 3.32. The fourth-order valence-corrected chi connectivity index (χ4v) is 8.58. The van der Waals surface area contributed by atoms with Gasteiger partial charge in [-0.1, -0.05) is 0 Å². The fourth-order valence-electron chi connectivity index (χ4n) is 8.58. The Labute approximate surface area is 328 Å². The minimum Gasteiger partial charge on any atom is -0.490 e. The van der Waals surface area contributed by atoms with Crippen molar-refractivity contribution in [3.63, 3.8) is 0 Å². The van der Waals surface area contributed by atoms with E-state index < -0.39 is 29.7 Å². The first-order valence-corrected chi connectivity index (χ1v) is 20.0. The Morgan fingerprint density at radius 3 is 2.54 bits per heavy atom. The molecule has 5 aromatic rings. The molecule has 0 unspecified atom stereocenters. The Hall–Kier alpha value is -5.77. The van der Waals surface area contributed by atoms with Crippen LogP contribution < -0.4 is 30.7 Å². The average molecular weight is 779 g/mol. The molecule has 4 aromatic heterocycles. The lowest BCUT2D eigenvalue weighted by Gasteiger charge is -2.39. The van der Waals surface area contributed by atoms with Crippen molar-refractivity contribution < 1.29 is 23.5 Å². The molecule has 4 fully saturated rings. The number of amides is 4. The van der Waals surface area contributed by atoms with Crippen LogP contribution in [0.4, 0.5) is 26.2 Å². The normalized spacial score (nSPS) is 23.0. The molecule has 2 saturated heterocycles. The maximum Gasteiger partial charge on any atom is 0.328 e. The van der Waals surface area contributed by atoms with Gasteiger partial charge in [-0.2, -0.15) is 10.2 Å². The number of rotatable bonds is 10. The first-order valence-electron chi connectivity index (χ1n) is 20.0. The highest BCUT2D eigenvalue weighted by atomic mass is 19.1. The van der Waals surface area contributed by atoms with Gasteiger partial charge in [0.25, 0.3) is 11.5 Å². The zero-order valence-electron chi connectivity index (χ0n) is 32.1. The third-order valence-electron chi connectivity index (χ3n) is 11.8. The number of nitrogens with one attached hydrogen (secondary N) is 2. The van der Waals surface area contributed by atoms with E-state index in [0.717, 1.165) is 80.5 Å². The second-order valence-corrected chi connectivity index (χ2v) is 16.1. The molecule has 4 aliphatic rings. The van der Waals surface area contributed by atoms with E-state index in [2.05, 4.69) is 31.6 Å². The molecule has 0 bridgehead atoms. The lowest BCUT2D eigenvalue weighted by atomic mass is 9.85. The lowest BCUT2D eigenvalue weighted by Crippen LogP contribution is -2.49. The smallest absolute Gasteiger partial charge is 0.328 e. The Morgan fingerprint density at radius 1 is 1.02 bits per heavy atom. The van der Waals surface area contributed by atoms with Gasteiger partial charge in [0.1, 0.15) is 17.6 Å². The van der Waals surface area contributed by atoms with E-state index in [1.807, 2.05) is 37.0 Å². The number of aromatic nitrogens is 5. The molecule has 15 nitrogen and oxygen atoms in total. The first-order chi connectivity index (χ1) is 27.6. The van der Waals surface area contributed by atoms with Gasteiger partial charge in [0, 0.05) is 76.0 Å². The van der Waals surface area contributed by atoms with Crippen LogP contribution in [0.3, 0.4) is 0 Å². The van der Waals surface area contributed by atoms with Crippen molar-refractivity contribution in [2.75, 3.05) is 54.4 Å². The summed E-state index contributed by atoms with van der Waals surface area (Å²) in [5, 5.41) is 15.4. The number of halogens is 1. The quantitative estimate of drug-likeness (QED) is 0.196. The summed E-state index contributed by atoms with van der Waals surface area (Å²) < 4.78 is 25.0. The van der Waals surface area contributed by atoms with E-state index in [-0.39, 0.29) is 30.2 Å². The highest BCUT2D eigenvalue weighted by Gasteiger charge is 2.40. The van der Waals surface area contributed by atoms with E-state index in [1.54, 1.807) is 40.0 Å². The Balaban J connectivity index is 0.802. The van der Waals surface area contributed by atoms with Crippen LogP contribution in [0.2, 0.25) is 0 Å². The second-order valence-electron chi connectivity index (χ2n) is 16.1. The summed E-state index contributed by atoms with van der Waals surface area (Å²) in [6.45, 7) is 8.98. The number of carbonyl (C=O) groups excluding carboxylic acids is 3. The molecule has 2 atom stereocenters. The van der Waals surface area contributed by atoms with Crippen molar-refractivity contribution in [1.82, 2.24) is 34.2 Å². The van der Waals surface area contributed by atoms with Crippen LogP contribution in [0.5, 0.6) is 5.75 Å². The summed E-state index contributed by atoms with van der Waals surface area (Å²) in [6, 6.07) is 10.2. The van der Waals surface area contributed by atoms with E-state index in [1.165, 1.54) is 10.6 Å². The minimum absolute atomic E-state index is 0.0980. The van der Waals surface area contributed by atoms with Gasteiger partial charge < -0.3 is 19.5 Å². The second kappa shape index (κ2) is 15.0. The van der Waals surface area contributed by atoms with Crippen LogP contribution in [-0.4, -0.2) is 98.3 Å². The zero-order valence-corrected chi connectivity index (χ0v) is 32.1. The number of hydrogen-bond acceptors (Lipinski definition) is 9. The van der Waals surface area contributed by atoms with Gasteiger partial charge in [-0.05, 0) is 75.8 Å². The topological polar surface area (TPSA) is 151 Å². The molecule has 2 aliphatic heterocycles. The van der Waals surface area contributed by atoms with Gasteiger partial charge in [0.15, 0.2) is 0 Å². The number of hydrogen-bond donors (Lipinski definition) is 2. The van der Waals surface area contributed by atoms with Crippen LogP contribution in [-0.2, 0) is 4.79 Å². The Morgan fingerprint density at radius 2 is 1.81 bits per heavy atom. The molecule has 0 radical (unpaired) electrons.